The summed E-state index contributed by atoms with van der Waals surface area (Å²) >= 11 is 0. The van der Waals surface area contributed by atoms with Crippen LogP contribution in [-0.4, -0.2) is 30.8 Å². The Morgan fingerprint density at radius 2 is 1.68 bits per heavy atom. The molecule has 0 saturated heterocycles. The van der Waals surface area contributed by atoms with Crippen molar-refractivity contribution in [1.29, 1.82) is 0 Å². The number of anilines is 1. The molecule has 168 valence electrons. The van der Waals surface area contributed by atoms with Crippen LogP contribution in [0.4, 0.5) is 5.69 Å². The number of aryl methyl sites for hydroxylation is 1. The predicted molar refractivity (Wildman–Crippen MR) is 131 cm³/mol. The second-order valence-corrected chi connectivity index (χ2v) is 7.91. The maximum Gasteiger partial charge on any atom is 0.254 e. The van der Waals surface area contributed by atoms with E-state index in [0.29, 0.717) is 28.6 Å². The SMILES string of the molecule is Cc1nc(-c2ccncc2)[nH]c(=O)c1CCC(=O)Nc1ccccc1-c1nc2ccccc2[nH]1. The molecular weight excluding hydrogens is 428 g/mol. The molecule has 0 saturated carbocycles. The summed E-state index contributed by atoms with van der Waals surface area (Å²) in [6.07, 6.45) is 3.72. The molecule has 0 atom stereocenters. The highest BCUT2D eigenvalue weighted by Crippen LogP contribution is 2.27. The number of imidazole rings is 1. The average molecular weight is 451 g/mol. The molecular formula is C26H22N6O2. The molecule has 0 fully saturated rings. The molecule has 3 N–H and O–H groups in total. The topological polar surface area (TPSA) is 116 Å². The summed E-state index contributed by atoms with van der Waals surface area (Å²) in [5.74, 6) is 0.971. The van der Waals surface area contributed by atoms with E-state index in [-0.39, 0.29) is 24.3 Å². The first-order valence-corrected chi connectivity index (χ1v) is 10.9. The zero-order valence-corrected chi connectivity index (χ0v) is 18.5. The van der Waals surface area contributed by atoms with Crippen molar-refractivity contribution < 1.29 is 4.79 Å². The van der Waals surface area contributed by atoms with Crippen molar-refractivity contribution >= 4 is 22.6 Å². The number of nitrogens with zero attached hydrogens (tertiary/aromatic N) is 3. The number of hydrogen-bond acceptors (Lipinski definition) is 5. The third-order valence-corrected chi connectivity index (χ3v) is 5.62. The molecule has 8 heteroatoms. The Morgan fingerprint density at radius 1 is 0.912 bits per heavy atom. The number of para-hydroxylation sites is 3. The summed E-state index contributed by atoms with van der Waals surface area (Å²) in [5, 5.41) is 2.96. The molecule has 0 aliphatic carbocycles. The molecule has 5 rings (SSSR count). The number of nitrogens with one attached hydrogen (secondary N) is 3. The monoisotopic (exact) mass is 450 g/mol. The Bertz CT molecular complexity index is 1510. The Morgan fingerprint density at radius 3 is 2.47 bits per heavy atom. The summed E-state index contributed by atoms with van der Waals surface area (Å²) in [5.41, 5.74) is 4.88. The number of carbonyl (C=O) groups excluding carboxylic acids is 1. The molecule has 3 heterocycles. The third-order valence-electron chi connectivity index (χ3n) is 5.62. The van der Waals surface area contributed by atoms with Crippen molar-refractivity contribution in [1.82, 2.24) is 24.9 Å². The lowest BCUT2D eigenvalue weighted by molar-refractivity contribution is -0.116. The molecule has 0 bridgehead atoms. The van der Waals surface area contributed by atoms with Crippen LogP contribution in [0.5, 0.6) is 0 Å². The van der Waals surface area contributed by atoms with Gasteiger partial charge in [0.2, 0.25) is 5.91 Å². The van der Waals surface area contributed by atoms with Gasteiger partial charge in [-0.05, 0) is 49.7 Å². The molecule has 0 radical (unpaired) electrons. The summed E-state index contributed by atoms with van der Waals surface area (Å²) in [7, 11) is 0. The van der Waals surface area contributed by atoms with Gasteiger partial charge in [-0.25, -0.2) is 9.97 Å². The number of H-pyrrole nitrogens is 2. The number of amides is 1. The summed E-state index contributed by atoms with van der Waals surface area (Å²) in [4.78, 5) is 44.7. The van der Waals surface area contributed by atoms with Gasteiger partial charge in [-0.3, -0.25) is 14.6 Å². The van der Waals surface area contributed by atoms with E-state index in [1.54, 1.807) is 31.5 Å². The molecule has 5 aromatic rings. The van der Waals surface area contributed by atoms with Gasteiger partial charge in [-0.15, -0.1) is 0 Å². The molecule has 0 spiro atoms. The van der Waals surface area contributed by atoms with Crippen molar-refractivity contribution in [3.05, 3.63) is 94.7 Å². The van der Waals surface area contributed by atoms with Gasteiger partial charge >= 0.3 is 0 Å². The van der Waals surface area contributed by atoms with Gasteiger partial charge in [0.1, 0.15) is 11.6 Å². The molecule has 3 aromatic heterocycles. The lowest BCUT2D eigenvalue weighted by Crippen LogP contribution is -2.20. The predicted octanol–water partition coefficient (Wildman–Crippen LogP) is 4.25. The second-order valence-electron chi connectivity index (χ2n) is 7.91. The fourth-order valence-electron chi connectivity index (χ4n) is 3.88. The Hall–Kier alpha value is -4.59. The number of benzene rings is 2. The molecule has 2 aromatic carbocycles. The van der Waals surface area contributed by atoms with Gasteiger partial charge < -0.3 is 15.3 Å². The lowest BCUT2D eigenvalue weighted by Gasteiger charge is -2.10. The van der Waals surface area contributed by atoms with E-state index in [1.807, 2.05) is 48.5 Å². The quantitative estimate of drug-likeness (QED) is 0.357. The number of aromatic amines is 2. The van der Waals surface area contributed by atoms with Crippen LogP contribution in [0.15, 0.2) is 77.9 Å². The standard InChI is InChI=1S/C26H22N6O2/c1-16-18(26(34)32-24(28-16)17-12-14-27-15-13-17)10-11-23(33)29-20-7-3-2-6-19(20)25-30-21-8-4-5-9-22(21)31-25/h2-9,12-15H,10-11H2,1H3,(H,29,33)(H,30,31)(H,28,32,34). The summed E-state index contributed by atoms with van der Waals surface area (Å²) in [6, 6.07) is 18.8. The lowest BCUT2D eigenvalue weighted by atomic mass is 10.1. The van der Waals surface area contributed by atoms with E-state index in [1.165, 1.54) is 0 Å². The Labute approximate surface area is 195 Å². The first-order chi connectivity index (χ1) is 16.6. The zero-order chi connectivity index (χ0) is 23.5. The van der Waals surface area contributed by atoms with Gasteiger partial charge in [0.25, 0.3) is 5.56 Å². The van der Waals surface area contributed by atoms with E-state index in [4.69, 9.17) is 0 Å². The van der Waals surface area contributed by atoms with Crippen LogP contribution < -0.4 is 10.9 Å². The first kappa shape index (κ1) is 21.3. The maximum absolute atomic E-state index is 12.8. The number of hydrogen-bond donors (Lipinski definition) is 3. The van der Waals surface area contributed by atoms with Gasteiger partial charge in [0, 0.05) is 41.2 Å². The van der Waals surface area contributed by atoms with Crippen LogP contribution in [0.1, 0.15) is 17.7 Å². The van der Waals surface area contributed by atoms with E-state index in [2.05, 4.69) is 30.2 Å². The Balaban J connectivity index is 1.32. The number of fused-ring (bicyclic) bond motifs is 1. The van der Waals surface area contributed by atoms with Gasteiger partial charge in [0.15, 0.2) is 0 Å². The number of pyridine rings is 1. The van der Waals surface area contributed by atoms with Crippen LogP contribution >= 0.6 is 0 Å². The smallest absolute Gasteiger partial charge is 0.254 e. The van der Waals surface area contributed by atoms with E-state index < -0.39 is 0 Å². The summed E-state index contributed by atoms with van der Waals surface area (Å²) in [6.45, 7) is 1.78. The normalized spacial score (nSPS) is 11.0. The highest BCUT2D eigenvalue weighted by molar-refractivity contribution is 5.95. The minimum atomic E-state index is -0.241. The van der Waals surface area contributed by atoms with Crippen molar-refractivity contribution in [2.24, 2.45) is 0 Å². The van der Waals surface area contributed by atoms with Gasteiger partial charge in [-0.2, -0.15) is 0 Å². The van der Waals surface area contributed by atoms with Crippen LogP contribution in [0, 0.1) is 6.92 Å². The number of aromatic nitrogens is 5. The molecule has 1 amide bonds. The van der Waals surface area contributed by atoms with E-state index in [9.17, 15) is 9.59 Å². The fraction of sp³-hybridized carbons (Fsp3) is 0.115. The summed E-state index contributed by atoms with van der Waals surface area (Å²) < 4.78 is 0. The molecule has 34 heavy (non-hydrogen) atoms. The van der Waals surface area contributed by atoms with Crippen molar-refractivity contribution in [2.45, 2.75) is 19.8 Å². The van der Waals surface area contributed by atoms with Gasteiger partial charge in [-0.1, -0.05) is 24.3 Å². The minimum absolute atomic E-state index is 0.147. The van der Waals surface area contributed by atoms with E-state index >= 15 is 0 Å². The maximum atomic E-state index is 12.8. The fourth-order valence-corrected chi connectivity index (χ4v) is 3.88. The highest BCUT2D eigenvalue weighted by atomic mass is 16.1. The van der Waals surface area contributed by atoms with Gasteiger partial charge in [0.05, 0.1) is 16.7 Å². The van der Waals surface area contributed by atoms with Crippen molar-refractivity contribution in [2.75, 3.05) is 5.32 Å². The van der Waals surface area contributed by atoms with Crippen LogP contribution in [-0.2, 0) is 11.2 Å². The molecule has 8 nitrogen and oxygen atoms in total. The van der Waals surface area contributed by atoms with Crippen LogP contribution in [0.2, 0.25) is 0 Å². The molecule has 0 aliphatic rings. The van der Waals surface area contributed by atoms with Crippen molar-refractivity contribution in [3.8, 4) is 22.8 Å². The van der Waals surface area contributed by atoms with Crippen molar-refractivity contribution in [3.63, 3.8) is 0 Å². The minimum Gasteiger partial charge on any atom is -0.338 e. The van der Waals surface area contributed by atoms with E-state index in [0.717, 1.165) is 22.2 Å². The van der Waals surface area contributed by atoms with Crippen LogP contribution in [0.25, 0.3) is 33.8 Å². The Kier molecular flexibility index (Phi) is 5.70. The average Bonchev–Trinajstić information content (AvgIpc) is 3.28. The highest BCUT2D eigenvalue weighted by Gasteiger charge is 2.14. The zero-order valence-electron chi connectivity index (χ0n) is 18.5. The second kappa shape index (κ2) is 9.11. The molecule has 0 unspecified atom stereocenters. The largest absolute Gasteiger partial charge is 0.338 e. The molecule has 0 aliphatic heterocycles. The van der Waals surface area contributed by atoms with Crippen LogP contribution in [0.3, 0.4) is 0 Å². The number of rotatable bonds is 6. The first-order valence-electron chi connectivity index (χ1n) is 10.9. The third kappa shape index (κ3) is 4.33. The number of carbonyl (C=O) groups is 1.